The van der Waals surface area contributed by atoms with Crippen LogP contribution in [0.1, 0.15) is 33.5 Å². The Hall–Kier alpha value is -4.57. The molecule has 0 aliphatic rings. The van der Waals surface area contributed by atoms with E-state index in [1.807, 2.05) is 55.5 Å². The van der Waals surface area contributed by atoms with Crippen molar-refractivity contribution in [1.82, 2.24) is 9.97 Å². The Morgan fingerprint density at radius 2 is 1.71 bits per heavy atom. The highest BCUT2D eigenvalue weighted by molar-refractivity contribution is 7.93. The van der Waals surface area contributed by atoms with Crippen LogP contribution in [0.5, 0.6) is 11.5 Å². The van der Waals surface area contributed by atoms with Gasteiger partial charge in [0.15, 0.2) is 0 Å². The van der Waals surface area contributed by atoms with Gasteiger partial charge < -0.3 is 14.5 Å². The molecule has 0 aliphatic carbocycles. The summed E-state index contributed by atoms with van der Waals surface area (Å²) < 4.78 is 26.9. The smallest absolute Gasteiger partial charge is 0.306 e. The van der Waals surface area contributed by atoms with Crippen LogP contribution in [0.2, 0.25) is 0 Å². The third-order valence-corrected chi connectivity index (χ3v) is 7.68. The molecule has 10 heteroatoms. The predicted molar refractivity (Wildman–Crippen MR) is 156 cm³/mol. The Bertz CT molecular complexity index is 1680. The van der Waals surface area contributed by atoms with Crippen LogP contribution in [0.4, 0.5) is 0 Å². The van der Waals surface area contributed by atoms with Crippen molar-refractivity contribution in [2.45, 2.75) is 26.2 Å². The number of esters is 1. The Morgan fingerprint density at radius 1 is 0.951 bits per heavy atom. The fraction of sp³-hybridized carbons (Fsp3) is 0.226. The van der Waals surface area contributed by atoms with Crippen LogP contribution in [-0.4, -0.2) is 51.0 Å². The minimum absolute atomic E-state index is 0.0751. The molecule has 0 saturated heterocycles. The van der Waals surface area contributed by atoms with Crippen molar-refractivity contribution >= 4 is 27.4 Å². The standard InChI is InChI=1S/C31H31N3O6S/c1-21-5-4-6-23(15-21)17-25(35)16-22-7-9-26(10-8-22)40-27-11-13-32-29(19-27)28-18-24(20-33-28)31(37)34-41(3,38)14-12-30(36)39-2/h4-11,13,15,18-20,33H,12,14,16-17H2,1-3H3. The summed E-state index contributed by atoms with van der Waals surface area (Å²) in [5, 5.41) is 0. The van der Waals surface area contributed by atoms with Gasteiger partial charge in [0.05, 0.1) is 40.2 Å². The molecule has 41 heavy (non-hydrogen) atoms. The number of carbonyl (C=O) groups excluding carboxylic acids is 3. The van der Waals surface area contributed by atoms with Gasteiger partial charge in [-0.25, -0.2) is 4.21 Å². The third-order valence-electron chi connectivity index (χ3n) is 6.17. The first-order valence-electron chi connectivity index (χ1n) is 12.9. The van der Waals surface area contributed by atoms with Crippen molar-refractivity contribution in [3.63, 3.8) is 0 Å². The molecule has 212 valence electrons. The van der Waals surface area contributed by atoms with E-state index in [2.05, 4.69) is 19.1 Å². The minimum Gasteiger partial charge on any atom is -0.469 e. The van der Waals surface area contributed by atoms with Crippen molar-refractivity contribution in [3.8, 4) is 22.9 Å². The second-order valence-electron chi connectivity index (χ2n) is 9.69. The van der Waals surface area contributed by atoms with Crippen LogP contribution in [-0.2, 0) is 36.9 Å². The molecule has 0 saturated carbocycles. The van der Waals surface area contributed by atoms with E-state index < -0.39 is 21.6 Å². The number of carbonyl (C=O) groups is 3. The number of hydrogen-bond donors (Lipinski definition) is 1. The summed E-state index contributed by atoms with van der Waals surface area (Å²) in [5.41, 5.74) is 4.34. The van der Waals surface area contributed by atoms with Crippen molar-refractivity contribution < 1.29 is 28.1 Å². The summed E-state index contributed by atoms with van der Waals surface area (Å²) in [6.07, 6.45) is 5.03. The van der Waals surface area contributed by atoms with Gasteiger partial charge in [-0.2, -0.15) is 4.36 Å². The zero-order valence-corrected chi connectivity index (χ0v) is 23.9. The second kappa shape index (κ2) is 13.2. The number of aryl methyl sites for hydroxylation is 1. The van der Waals surface area contributed by atoms with Crippen LogP contribution >= 0.6 is 0 Å². The zero-order chi connectivity index (χ0) is 29.4. The van der Waals surface area contributed by atoms with Crippen molar-refractivity contribution in [1.29, 1.82) is 0 Å². The molecule has 2 aromatic heterocycles. The minimum atomic E-state index is -2.90. The lowest BCUT2D eigenvalue weighted by Crippen LogP contribution is -2.12. The summed E-state index contributed by atoms with van der Waals surface area (Å²) >= 11 is 0. The Labute approximate surface area is 239 Å². The van der Waals surface area contributed by atoms with E-state index in [0.29, 0.717) is 35.7 Å². The number of hydrogen-bond acceptors (Lipinski definition) is 7. The van der Waals surface area contributed by atoms with E-state index in [1.54, 1.807) is 24.4 Å². The predicted octanol–water partition coefficient (Wildman–Crippen LogP) is 5.33. The number of ether oxygens (including phenoxy) is 2. The molecule has 0 radical (unpaired) electrons. The third kappa shape index (κ3) is 8.71. The van der Waals surface area contributed by atoms with E-state index in [-0.39, 0.29) is 23.5 Å². The molecule has 1 amide bonds. The summed E-state index contributed by atoms with van der Waals surface area (Å²) in [5.74, 6) is 0.0257. The van der Waals surface area contributed by atoms with Gasteiger partial charge in [-0.15, -0.1) is 0 Å². The fourth-order valence-corrected chi connectivity index (χ4v) is 5.18. The molecule has 9 nitrogen and oxygen atoms in total. The van der Waals surface area contributed by atoms with Crippen molar-refractivity contribution in [3.05, 3.63) is 101 Å². The molecule has 2 heterocycles. The molecule has 0 fully saturated rings. The lowest BCUT2D eigenvalue weighted by Gasteiger charge is -2.08. The monoisotopic (exact) mass is 573 g/mol. The van der Waals surface area contributed by atoms with Gasteiger partial charge in [-0.05, 0) is 42.3 Å². The summed E-state index contributed by atoms with van der Waals surface area (Å²) in [4.78, 5) is 43.8. The van der Waals surface area contributed by atoms with Gasteiger partial charge >= 0.3 is 5.97 Å². The molecule has 0 aliphatic heterocycles. The number of benzene rings is 2. The lowest BCUT2D eigenvalue weighted by molar-refractivity contribution is -0.140. The summed E-state index contributed by atoms with van der Waals surface area (Å²) in [7, 11) is -1.66. The number of ketones is 1. The van der Waals surface area contributed by atoms with Gasteiger partial charge in [0.2, 0.25) is 0 Å². The summed E-state index contributed by atoms with van der Waals surface area (Å²) in [6.45, 7) is 2.01. The number of nitrogens with zero attached hydrogens (tertiary/aromatic N) is 2. The largest absolute Gasteiger partial charge is 0.469 e. The maximum absolute atomic E-state index is 12.6. The highest BCUT2D eigenvalue weighted by atomic mass is 32.2. The maximum atomic E-state index is 12.6. The first kappa shape index (κ1) is 29.4. The highest BCUT2D eigenvalue weighted by Crippen LogP contribution is 2.26. The SMILES string of the molecule is COC(=O)CCS(C)(=O)=NC(=O)c1c[nH]c(-c2cc(Oc3ccc(CC(=O)Cc4cccc(C)c4)cc3)ccn2)c1. The maximum Gasteiger partial charge on any atom is 0.306 e. The molecule has 0 spiro atoms. The molecule has 1 unspecified atom stereocenters. The first-order valence-corrected chi connectivity index (χ1v) is 15.0. The van der Waals surface area contributed by atoms with E-state index in [4.69, 9.17) is 4.74 Å². The number of amides is 1. The summed E-state index contributed by atoms with van der Waals surface area (Å²) in [6, 6.07) is 20.3. The van der Waals surface area contributed by atoms with Gasteiger partial charge in [-0.3, -0.25) is 19.4 Å². The number of H-pyrrole nitrogens is 1. The van der Waals surface area contributed by atoms with Gasteiger partial charge in [0.25, 0.3) is 5.91 Å². The number of pyridine rings is 1. The second-order valence-corrected chi connectivity index (χ2v) is 12.2. The molecule has 1 N–H and O–H groups in total. The normalized spacial score (nSPS) is 12.3. The molecule has 4 rings (SSSR count). The Kier molecular flexibility index (Phi) is 9.46. The number of aromatic nitrogens is 2. The van der Waals surface area contributed by atoms with Crippen LogP contribution in [0.25, 0.3) is 11.4 Å². The van der Waals surface area contributed by atoms with E-state index in [1.165, 1.54) is 19.6 Å². The van der Waals surface area contributed by atoms with E-state index in [0.717, 1.165) is 16.7 Å². The number of aromatic amines is 1. The molecule has 1 atom stereocenters. The van der Waals surface area contributed by atoms with Crippen LogP contribution in [0.15, 0.2) is 83.5 Å². The molecular weight excluding hydrogens is 542 g/mol. The van der Waals surface area contributed by atoms with Crippen LogP contribution < -0.4 is 4.74 Å². The average molecular weight is 574 g/mol. The zero-order valence-electron chi connectivity index (χ0n) is 23.1. The average Bonchev–Trinajstić information content (AvgIpc) is 3.44. The topological polar surface area (TPSA) is 128 Å². The van der Waals surface area contributed by atoms with Gasteiger partial charge in [0.1, 0.15) is 17.3 Å². The molecular formula is C31H31N3O6S. The quantitative estimate of drug-likeness (QED) is 0.240. The number of nitrogens with one attached hydrogen (secondary N) is 1. The van der Waals surface area contributed by atoms with E-state index >= 15 is 0 Å². The van der Waals surface area contributed by atoms with E-state index in [9.17, 15) is 18.6 Å². The van der Waals surface area contributed by atoms with Crippen LogP contribution in [0, 0.1) is 6.92 Å². The number of Topliss-reactive ketones (excluding diaryl/α,β-unsaturated/α-hetero) is 1. The Morgan fingerprint density at radius 3 is 2.44 bits per heavy atom. The van der Waals surface area contributed by atoms with Crippen LogP contribution in [0.3, 0.4) is 0 Å². The highest BCUT2D eigenvalue weighted by Gasteiger charge is 2.14. The Balaban J connectivity index is 1.38. The van der Waals surface area contributed by atoms with Crippen molar-refractivity contribution in [2.75, 3.05) is 19.1 Å². The van der Waals surface area contributed by atoms with Gasteiger partial charge in [-0.1, -0.05) is 42.0 Å². The first-order chi connectivity index (χ1) is 19.6. The number of rotatable bonds is 11. The molecule has 0 bridgehead atoms. The fourth-order valence-electron chi connectivity index (χ4n) is 4.09. The molecule has 4 aromatic rings. The lowest BCUT2D eigenvalue weighted by atomic mass is 10.0. The molecule has 2 aromatic carbocycles. The van der Waals surface area contributed by atoms with Crippen molar-refractivity contribution in [2.24, 2.45) is 4.36 Å². The number of methoxy groups -OCH3 is 1. The van der Waals surface area contributed by atoms with Gasteiger partial charge in [0, 0.05) is 43.3 Å².